The molecule has 22 heavy (non-hydrogen) atoms. The number of carbonyl (C=O) groups excluding carboxylic acids is 1. The van der Waals surface area contributed by atoms with Gasteiger partial charge in [0.1, 0.15) is 0 Å². The molecule has 1 aliphatic heterocycles. The van der Waals surface area contributed by atoms with Crippen LogP contribution in [0.3, 0.4) is 0 Å². The predicted octanol–water partition coefficient (Wildman–Crippen LogP) is 3.45. The SMILES string of the molecule is Cc1ccc(N(Cc2cccs2)C(=O)C(C)C2CNC2)cc1. The Hall–Kier alpha value is -1.65. The Bertz CT molecular complexity index is 617. The summed E-state index contributed by atoms with van der Waals surface area (Å²) in [6, 6.07) is 12.4. The fraction of sp³-hybridized carbons (Fsp3) is 0.389. The molecule has 1 aromatic heterocycles. The summed E-state index contributed by atoms with van der Waals surface area (Å²) in [7, 11) is 0. The van der Waals surface area contributed by atoms with E-state index < -0.39 is 0 Å². The summed E-state index contributed by atoms with van der Waals surface area (Å²) in [6.07, 6.45) is 0. The van der Waals surface area contributed by atoms with E-state index in [1.165, 1.54) is 10.4 Å². The van der Waals surface area contributed by atoms with Gasteiger partial charge in [-0.05, 0) is 49.5 Å². The maximum absolute atomic E-state index is 13.0. The zero-order chi connectivity index (χ0) is 15.5. The molecular formula is C18H22N2OS. The average molecular weight is 314 g/mol. The van der Waals surface area contributed by atoms with E-state index in [9.17, 15) is 4.79 Å². The quantitative estimate of drug-likeness (QED) is 0.917. The first-order valence-corrected chi connectivity index (χ1v) is 8.64. The van der Waals surface area contributed by atoms with Crippen LogP contribution in [0.4, 0.5) is 5.69 Å². The monoisotopic (exact) mass is 314 g/mol. The molecule has 116 valence electrons. The van der Waals surface area contributed by atoms with E-state index >= 15 is 0 Å². The lowest BCUT2D eigenvalue weighted by Gasteiger charge is -2.35. The summed E-state index contributed by atoms with van der Waals surface area (Å²) in [4.78, 5) is 16.1. The molecule has 1 aromatic carbocycles. The molecule has 1 N–H and O–H groups in total. The lowest BCUT2D eigenvalue weighted by molar-refractivity contribution is -0.124. The van der Waals surface area contributed by atoms with Gasteiger partial charge in [0.2, 0.25) is 5.91 Å². The third-order valence-electron chi connectivity index (χ3n) is 4.42. The summed E-state index contributed by atoms with van der Waals surface area (Å²) >= 11 is 1.70. The largest absolute Gasteiger partial charge is 0.316 e. The van der Waals surface area contributed by atoms with Crippen molar-refractivity contribution in [2.24, 2.45) is 11.8 Å². The number of nitrogens with one attached hydrogen (secondary N) is 1. The molecule has 1 atom stereocenters. The smallest absolute Gasteiger partial charge is 0.230 e. The van der Waals surface area contributed by atoms with Crippen LogP contribution in [0, 0.1) is 18.8 Å². The van der Waals surface area contributed by atoms with E-state index in [2.05, 4.69) is 42.7 Å². The molecule has 0 aliphatic carbocycles. The maximum atomic E-state index is 13.0. The number of hydrogen-bond donors (Lipinski definition) is 1. The van der Waals surface area contributed by atoms with Crippen molar-refractivity contribution in [2.75, 3.05) is 18.0 Å². The summed E-state index contributed by atoms with van der Waals surface area (Å²) in [5.41, 5.74) is 2.20. The molecule has 0 spiro atoms. The van der Waals surface area contributed by atoms with Crippen LogP contribution < -0.4 is 10.2 Å². The number of thiophene rings is 1. The van der Waals surface area contributed by atoms with Crippen LogP contribution in [-0.4, -0.2) is 19.0 Å². The summed E-state index contributed by atoms with van der Waals surface area (Å²) in [6.45, 7) is 6.69. The van der Waals surface area contributed by atoms with E-state index in [1.54, 1.807) is 11.3 Å². The normalized spacial score (nSPS) is 16.1. The van der Waals surface area contributed by atoms with Crippen molar-refractivity contribution in [3.63, 3.8) is 0 Å². The van der Waals surface area contributed by atoms with Gasteiger partial charge in [-0.3, -0.25) is 4.79 Å². The highest BCUT2D eigenvalue weighted by molar-refractivity contribution is 7.09. The number of anilines is 1. The molecule has 0 radical (unpaired) electrons. The number of hydrogen-bond acceptors (Lipinski definition) is 3. The third kappa shape index (κ3) is 3.23. The molecule has 2 heterocycles. The molecule has 1 unspecified atom stereocenters. The van der Waals surface area contributed by atoms with Crippen molar-refractivity contribution in [3.05, 3.63) is 52.2 Å². The summed E-state index contributed by atoms with van der Waals surface area (Å²) in [5.74, 6) is 0.745. The second-order valence-electron chi connectivity index (χ2n) is 6.05. The Morgan fingerprint density at radius 3 is 2.59 bits per heavy atom. The Balaban J connectivity index is 1.84. The number of amides is 1. The van der Waals surface area contributed by atoms with Crippen LogP contribution in [0.2, 0.25) is 0 Å². The molecule has 1 saturated heterocycles. The van der Waals surface area contributed by atoms with Gasteiger partial charge in [0, 0.05) is 16.5 Å². The van der Waals surface area contributed by atoms with E-state index in [1.807, 2.05) is 23.1 Å². The van der Waals surface area contributed by atoms with Gasteiger partial charge in [0.15, 0.2) is 0 Å². The fourth-order valence-electron chi connectivity index (χ4n) is 2.69. The fourth-order valence-corrected chi connectivity index (χ4v) is 3.38. The Labute approximate surface area is 136 Å². The Morgan fingerprint density at radius 2 is 2.05 bits per heavy atom. The molecule has 0 saturated carbocycles. The van der Waals surface area contributed by atoms with Crippen molar-refractivity contribution in [1.82, 2.24) is 5.32 Å². The lowest BCUT2D eigenvalue weighted by Crippen LogP contribution is -2.50. The van der Waals surface area contributed by atoms with Crippen molar-refractivity contribution < 1.29 is 4.79 Å². The molecule has 1 amide bonds. The van der Waals surface area contributed by atoms with Crippen LogP contribution in [0.1, 0.15) is 17.4 Å². The number of carbonyl (C=O) groups is 1. The van der Waals surface area contributed by atoms with Crippen molar-refractivity contribution >= 4 is 22.9 Å². The topological polar surface area (TPSA) is 32.3 Å². The molecule has 1 aliphatic rings. The maximum Gasteiger partial charge on any atom is 0.230 e. The van der Waals surface area contributed by atoms with Crippen LogP contribution >= 0.6 is 11.3 Å². The van der Waals surface area contributed by atoms with E-state index in [4.69, 9.17) is 0 Å². The van der Waals surface area contributed by atoms with Crippen molar-refractivity contribution in [2.45, 2.75) is 20.4 Å². The first-order chi connectivity index (χ1) is 10.6. The number of aryl methyl sites for hydroxylation is 1. The Kier molecular flexibility index (Phi) is 4.60. The van der Waals surface area contributed by atoms with Gasteiger partial charge in [0.05, 0.1) is 6.54 Å². The molecule has 3 rings (SSSR count). The molecule has 0 bridgehead atoms. The second-order valence-corrected chi connectivity index (χ2v) is 7.08. The van der Waals surface area contributed by atoms with Crippen LogP contribution in [-0.2, 0) is 11.3 Å². The van der Waals surface area contributed by atoms with Crippen LogP contribution in [0.5, 0.6) is 0 Å². The molecule has 1 fully saturated rings. The zero-order valence-corrected chi connectivity index (χ0v) is 13.9. The van der Waals surface area contributed by atoms with E-state index in [0.717, 1.165) is 18.8 Å². The molecule has 3 nitrogen and oxygen atoms in total. The van der Waals surface area contributed by atoms with Gasteiger partial charge in [0.25, 0.3) is 0 Å². The summed E-state index contributed by atoms with van der Waals surface area (Å²) in [5, 5.41) is 5.32. The van der Waals surface area contributed by atoms with Gasteiger partial charge in [-0.15, -0.1) is 11.3 Å². The highest BCUT2D eigenvalue weighted by Crippen LogP contribution is 2.26. The zero-order valence-electron chi connectivity index (χ0n) is 13.1. The third-order valence-corrected chi connectivity index (χ3v) is 5.28. The standard InChI is InChI=1S/C18H22N2OS/c1-13-5-7-16(8-6-13)20(12-17-4-3-9-22-17)18(21)14(2)15-10-19-11-15/h3-9,14-15,19H,10-12H2,1-2H3. The van der Waals surface area contributed by atoms with Gasteiger partial charge in [-0.2, -0.15) is 0 Å². The summed E-state index contributed by atoms with van der Waals surface area (Å²) < 4.78 is 0. The first kappa shape index (κ1) is 15.3. The van der Waals surface area contributed by atoms with Crippen LogP contribution in [0.25, 0.3) is 0 Å². The van der Waals surface area contributed by atoms with Gasteiger partial charge >= 0.3 is 0 Å². The second kappa shape index (κ2) is 6.63. The Morgan fingerprint density at radius 1 is 1.32 bits per heavy atom. The van der Waals surface area contributed by atoms with E-state index in [0.29, 0.717) is 12.5 Å². The van der Waals surface area contributed by atoms with Gasteiger partial charge < -0.3 is 10.2 Å². The van der Waals surface area contributed by atoms with Gasteiger partial charge in [-0.1, -0.05) is 30.7 Å². The van der Waals surface area contributed by atoms with Crippen LogP contribution in [0.15, 0.2) is 41.8 Å². The van der Waals surface area contributed by atoms with E-state index in [-0.39, 0.29) is 11.8 Å². The highest BCUT2D eigenvalue weighted by atomic mass is 32.1. The number of rotatable bonds is 5. The highest BCUT2D eigenvalue weighted by Gasteiger charge is 2.32. The van der Waals surface area contributed by atoms with Crippen molar-refractivity contribution in [1.29, 1.82) is 0 Å². The van der Waals surface area contributed by atoms with Gasteiger partial charge in [-0.25, -0.2) is 0 Å². The molecule has 4 heteroatoms. The minimum atomic E-state index is 0.0579. The number of nitrogens with zero attached hydrogens (tertiary/aromatic N) is 1. The predicted molar refractivity (Wildman–Crippen MR) is 92.2 cm³/mol. The minimum Gasteiger partial charge on any atom is -0.316 e. The minimum absolute atomic E-state index is 0.0579. The first-order valence-electron chi connectivity index (χ1n) is 7.76. The molecular weight excluding hydrogens is 292 g/mol. The molecule has 2 aromatic rings. The number of benzene rings is 1. The van der Waals surface area contributed by atoms with Crippen molar-refractivity contribution in [3.8, 4) is 0 Å². The lowest BCUT2D eigenvalue weighted by atomic mass is 9.87. The average Bonchev–Trinajstić information content (AvgIpc) is 2.96.